The number of hydrogen-bond donors (Lipinski definition) is 1. The number of benzene rings is 1. The molecule has 0 saturated carbocycles. The lowest BCUT2D eigenvalue weighted by Crippen LogP contribution is -2.50. The van der Waals surface area contributed by atoms with Crippen LogP contribution in [0.5, 0.6) is 11.5 Å². The fourth-order valence-corrected chi connectivity index (χ4v) is 3.22. The van der Waals surface area contributed by atoms with Gasteiger partial charge in [0.2, 0.25) is 0 Å². The number of halogens is 1. The van der Waals surface area contributed by atoms with Crippen molar-refractivity contribution in [1.29, 1.82) is 0 Å². The monoisotopic (exact) mass is 403 g/mol. The molecule has 0 radical (unpaired) electrons. The van der Waals surface area contributed by atoms with Crippen molar-refractivity contribution in [3.63, 3.8) is 0 Å². The number of hydrogen-bond acceptors (Lipinski definition) is 5. The highest BCUT2D eigenvalue weighted by Crippen LogP contribution is 2.29. The lowest BCUT2D eigenvalue weighted by atomic mass is 10.1. The predicted octanol–water partition coefficient (Wildman–Crippen LogP) is 2.79. The molecule has 1 fully saturated rings. The van der Waals surface area contributed by atoms with Crippen LogP contribution in [0, 0.1) is 0 Å². The fraction of sp³-hybridized carbons (Fsp3) is 0.333. The van der Waals surface area contributed by atoms with Gasteiger partial charge in [-0.1, -0.05) is 18.2 Å². The maximum Gasteiger partial charge on any atom is 0.261 e. The third-order valence-electron chi connectivity index (χ3n) is 4.59. The van der Waals surface area contributed by atoms with Gasteiger partial charge in [-0.05, 0) is 35.7 Å². The summed E-state index contributed by atoms with van der Waals surface area (Å²) in [6.45, 7) is 5.82. The molecule has 1 aliphatic heterocycles. The summed E-state index contributed by atoms with van der Waals surface area (Å²) in [5, 5.41) is 3.34. The van der Waals surface area contributed by atoms with E-state index in [0.29, 0.717) is 24.6 Å². The molecule has 0 aliphatic carbocycles. The van der Waals surface area contributed by atoms with E-state index >= 15 is 0 Å². The Bertz CT molecular complexity index is 786. The van der Waals surface area contributed by atoms with Crippen LogP contribution in [0.25, 0.3) is 0 Å². The summed E-state index contributed by atoms with van der Waals surface area (Å²) < 4.78 is 11.2. The summed E-state index contributed by atoms with van der Waals surface area (Å²) in [4.78, 5) is 18.8. The first-order valence-corrected chi connectivity index (χ1v) is 9.03. The second-order valence-corrected chi connectivity index (χ2v) is 6.36. The van der Waals surface area contributed by atoms with Crippen molar-refractivity contribution < 1.29 is 14.3 Å². The number of rotatable bonds is 7. The van der Waals surface area contributed by atoms with Crippen molar-refractivity contribution in [2.24, 2.45) is 0 Å². The van der Waals surface area contributed by atoms with Crippen LogP contribution in [-0.4, -0.2) is 49.1 Å². The molecule has 1 atom stereocenters. The summed E-state index contributed by atoms with van der Waals surface area (Å²) in [6.07, 6.45) is 6.13. The number of amides is 1. The summed E-state index contributed by atoms with van der Waals surface area (Å²) in [6, 6.07) is 9.53. The lowest BCUT2D eigenvalue weighted by Gasteiger charge is -2.36. The van der Waals surface area contributed by atoms with Crippen LogP contribution in [0.15, 0.2) is 55.4 Å². The number of carbonyl (C=O) groups excluding carboxylic acids is 1. The van der Waals surface area contributed by atoms with Crippen LogP contribution in [0.4, 0.5) is 0 Å². The zero-order valence-corrected chi connectivity index (χ0v) is 16.8. The molecule has 3 rings (SSSR count). The molecule has 6 nitrogen and oxygen atoms in total. The van der Waals surface area contributed by atoms with Crippen molar-refractivity contribution in [3.8, 4) is 11.5 Å². The Balaban J connectivity index is 0.00000280. The predicted molar refractivity (Wildman–Crippen MR) is 111 cm³/mol. The Hall–Kier alpha value is -2.57. The SMILES string of the molecule is C=CCc1ccc(OCC(=O)N2CCNCC2c2cccnc2)c(OC)c1.Cl. The zero-order valence-electron chi connectivity index (χ0n) is 16.0. The first-order valence-electron chi connectivity index (χ1n) is 9.03. The molecule has 2 aromatic rings. The maximum atomic E-state index is 12.8. The van der Waals surface area contributed by atoms with Crippen molar-refractivity contribution in [2.75, 3.05) is 33.4 Å². The van der Waals surface area contributed by atoms with Crippen LogP contribution < -0.4 is 14.8 Å². The Morgan fingerprint density at radius 3 is 2.96 bits per heavy atom. The number of pyridine rings is 1. The molecule has 7 heteroatoms. The van der Waals surface area contributed by atoms with Gasteiger partial charge in [0.05, 0.1) is 13.2 Å². The summed E-state index contributed by atoms with van der Waals surface area (Å²) in [7, 11) is 1.59. The smallest absolute Gasteiger partial charge is 0.261 e. The normalized spacial score (nSPS) is 16.0. The van der Waals surface area contributed by atoms with Crippen molar-refractivity contribution in [2.45, 2.75) is 12.5 Å². The lowest BCUT2D eigenvalue weighted by molar-refractivity contribution is -0.136. The quantitative estimate of drug-likeness (QED) is 0.720. The third kappa shape index (κ3) is 5.24. The van der Waals surface area contributed by atoms with Gasteiger partial charge in [-0.15, -0.1) is 19.0 Å². The number of piperazine rings is 1. The van der Waals surface area contributed by atoms with Gasteiger partial charge >= 0.3 is 0 Å². The maximum absolute atomic E-state index is 12.8. The van der Waals surface area contributed by atoms with E-state index in [4.69, 9.17) is 9.47 Å². The minimum absolute atomic E-state index is 0. The molecule has 1 aromatic heterocycles. The van der Waals surface area contributed by atoms with E-state index in [2.05, 4.69) is 16.9 Å². The first kappa shape index (κ1) is 21.7. The van der Waals surface area contributed by atoms with E-state index in [-0.39, 0.29) is 31.0 Å². The number of aromatic nitrogens is 1. The van der Waals surface area contributed by atoms with E-state index in [1.165, 1.54) is 0 Å². The highest BCUT2D eigenvalue weighted by molar-refractivity contribution is 5.85. The molecule has 150 valence electrons. The summed E-state index contributed by atoms with van der Waals surface area (Å²) in [5.74, 6) is 1.13. The Kier molecular flexibility index (Phi) is 8.29. The van der Waals surface area contributed by atoms with Gasteiger partial charge in [0.15, 0.2) is 18.1 Å². The number of methoxy groups -OCH3 is 1. The van der Waals surface area contributed by atoms with E-state index in [1.807, 2.05) is 41.3 Å². The van der Waals surface area contributed by atoms with Gasteiger partial charge in [-0.25, -0.2) is 0 Å². The fourth-order valence-electron chi connectivity index (χ4n) is 3.22. The van der Waals surface area contributed by atoms with E-state index in [1.54, 1.807) is 19.5 Å². The number of nitrogens with zero attached hydrogens (tertiary/aromatic N) is 2. The average molecular weight is 404 g/mol. The van der Waals surface area contributed by atoms with Gasteiger partial charge in [-0.3, -0.25) is 9.78 Å². The molecule has 1 aromatic carbocycles. The average Bonchev–Trinajstić information content (AvgIpc) is 2.73. The van der Waals surface area contributed by atoms with Gasteiger partial charge in [-0.2, -0.15) is 0 Å². The van der Waals surface area contributed by atoms with E-state index in [9.17, 15) is 4.79 Å². The Morgan fingerprint density at radius 1 is 1.39 bits per heavy atom. The van der Waals surface area contributed by atoms with E-state index in [0.717, 1.165) is 24.1 Å². The highest BCUT2D eigenvalue weighted by Gasteiger charge is 2.28. The van der Waals surface area contributed by atoms with Crippen LogP contribution in [0.3, 0.4) is 0 Å². The van der Waals surface area contributed by atoms with Gasteiger partial charge < -0.3 is 19.7 Å². The van der Waals surface area contributed by atoms with Crippen molar-refractivity contribution in [3.05, 3.63) is 66.5 Å². The van der Waals surface area contributed by atoms with Crippen LogP contribution in [0.1, 0.15) is 17.2 Å². The van der Waals surface area contributed by atoms with Crippen molar-refractivity contribution >= 4 is 18.3 Å². The largest absolute Gasteiger partial charge is 0.493 e. The topological polar surface area (TPSA) is 63.7 Å². The third-order valence-corrected chi connectivity index (χ3v) is 4.59. The molecule has 28 heavy (non-hydrogen) atoms. The highest BCUT2D eigenvalue weighted by atomic mass is 35.5. The molecule has 0 bridgehead atoms. The molecule has 1 N–H and O–H groups in total. The van der Waals surface area contributed by atoms with E-state index < -0.39 is 0 Å². The van der Waals surface area contributed by atoms with Gasteiger partial charge in [0, 0.05) is 32.0 Å². The standard InChI is InChI=1S/C21H25N3O3.ClH/c1-3-5-16-7-8-19(20(12-16)26-2)27-15-21(25)24-11-10-23-14-18(24)17-6-4-9-22-13-17;/h3-4,6-9,12-13,18,23H,1,5,10-11,14-15H2,2H3;1H. The molecular formula is C21H26ClN3O3. The molecule has 1 saturated heterocycles. The summed E-state index contributed by atoms with van der Waals surface area (Å²) in [5.41, 5.74) is 2.10. The second-order valence-electron chi connectivity index (χ2n) is 6.36. The van der Waals surface area contributed by atoms with Crippen LogP contribution in [-0.2, 0) is 11.2 Å². The van der Waals surface area contributed by atoms with Gasteiger partial charge in [0.25, 0.3) is 5.91 Å². The number of ether oxygens (including phenoxy) is 2. The number of carbonyl (C=O) groups is 1. The summed E-state index contributed by atoms with van der Waals surface area (Å²) >= 11 is 0. The molecule has 1 aliphatic rings. The van der Waals surface area contributed by atoms with Gasteiger partial charge in [0.1, 0.15) is 0 Å². The van der Waals surface area contributed by atoms with Crippen molar-refractivity contribution in [1.82, 2.24) is 15.2 Å². The Labute approximate surface area is 172 Å². The number of nitrogens with one attached hydrogen (secondary N) is 1. The minimum atomic E-state index is -0.0532. The molecule has 2 heterocycles. The minimum Gasteiger partial charge on any atom is -0.493 e. The molecule has 1 amide bonds. The number of allylic oxidation sites excluding steroid dienone is 1. The van der Waals surface area contributed by atoms with Crippen LogP contribution in [0.2, 0.25) is 0 Å². The van der Waals surface area contributed by atoms with Crippen LogP contribution >= 0.6 is 12.4 Å². The Morgan fingerprint density at radius 2 is 2.25 bits per heavy atom. The first-order chi connectivity index (χ1) is 13.2. The molecule has 0 spiro atoms. The second kappa shape index (κ2) is 10.7. The molecule has 1 unspecified atom stereocenters. The molecular weight excluding hydrogens is 378 g/mol. The zero-order chi connectivity index (χ0) is 19.1.